The van der Waals surface area contributed by atoms with E-state index in [1.54, 1.807) is 20.8 Å². The Morgan fingerprint density at radius 1 is 1.33 bits per heavy atom. The first-order chi connectivity index (χ1) is 9.69. The van der Waals surface area contributed by atoms with E-state index in [-0.39, 0.29) is 37.9 Å². The summed E-state index contributed by atoms with van der Waals surface area (Å²) in [5.74, 6) is -1.20. The lowest BCUT2D eigenvalue weighted by molar-refractivity contribution is -0.148. The summed E-state index contributed by atoms with van der Waals surface area (Å²) in [6.45, 7) is 4.96. The number of carbonyl (C=O) groups excluding carboxylic acids is 4. The highest BCUT2D eigenvalue weighted by molar-refractivity contribution is 6.06. The van der Waals surface area contributed by atoms with E-state index in [1.807, 2.05) is 0 Å². The van der Waals surface area contributed by atoms with Crippen molar-refractivity contribution in [3.05, 3.63) is 0 Å². The molecule has 1 heterocycles. The Morgan fingerprint density at radius 2 is 1.95 bits per heavy atom. The largest absolute Gasteiger partial charge is 0.465 e. The third-order valence-electron chi connectivity index (χ3n) is 3.09. The molecule has 1 rings (SSSR count). The van der Waals surface area contributed by atoms with Gasteiger partial charge in [-0.05, 0) is 20.8 Å². The predicted octanol–water partition coefficient (Wildman–Crippen LogP) is -0.272. The molecule has 0 atom stereocenters. The van der Waals surface area contributed by atoms with Gasteiger partial charge >= 0.3 is 12.0 Å². The Morgan fingerprint density at radius 3 is 2.43 bits per heavy atom. The molecule has 8 heteroatoms. The van der Waals surface area contributed by atoms with Crippen molar-refractivity contribution in [2.75, 3.05) is 26.7 Å². The Labute approximate surface area is 123 Å². The van der Waals surface area contributed by atoms with Gasteiger partial charge in [0.15, 0.2) is 0 Å². The number of urea groups is 1. The van der Waals surface area contributed by atoms with Crippen LogP contribution >= 0.6 is 0 Å². The maximum absolute atomic E-state index is 11.9. The summed E-state index contributed by atoms with van der Waals surface area (Å²) < 4.78 is 4.74. The molecule has 0 aromatic rings. The predicted molar refractivity (Wildman–Crippen MR) is 73.2 cm³/mol. The van der Waals surface area contributed by atoms with Gasteiger partial charge in [-0.25, -0.2) is 4.79 Å². The van der Waals surface area contributed by atoms with Crippen LogP contribution in [0.4, 0.5) is 4.79 Å². The fraction of sp³-hybridized carbons (Fsp3) is 0.692. The van der Waals surface area contributed by atoms with Crippen molar-refractivity contribution in [3.63, 3.8) is 0 Å². The molecule has 0 aromatic heterocycles. The van der Waals surface area contributed by atoms with E-state index in [2.05, 4.69) is 5.32 Å². The first-order valence-electron chi connectivity index (χ1n) is 6.72. The van der Waals surface area contributed by atoms with Crippen molar-refractivity contribution in [2.45, 2.75) is 32.7 Å². The number of rotatable bonds is 6. The van der Waals surface area contributed by atoms with Gasteiger partial charge in [0.05, 0.1) is 6.61 Å². The van der Waals surface area contributed by atoms with Gasteiger partial charge in [0, 0.05) is 20.0 Å². The van der Waals surface area contributed by atoms with Gasteiger partial charge in [-0.2, -0.15) is 0 Å². The van der Waals surface area contributed by atoms with E-state index in [9.17, 15) is 19.2 Å². The quantitative estimate of drug-likeness (QED) is 0.538. The van der Waals surface area contributed by atoms with Crippen LogP contribution in [0.15, 0.2) is 0 Å². The van der Waals surface area contributed by atoms with E-state index in [1.165, 1.54) is 11.9 Å². The molecular formula is C13H21N3O5. The van der Waals surface area contributed by atoms with Crippen LogP contribution in [0.25, 0.3) is 0 Å². The second kappa shape index (κ2) is 6.55. The average molecular weight is 299 g/mol. The molecule has 1 aliphatic rings. The Hall–Kier alpha value is -2.12. The van der Waals surface area contributed by atoms with Crippen LogP contribution in [0, 0.1) is 0 Å². The normalized spacial score (nSPS) is 16.7. The third-order valence-corrected chi connectivity index (χ3v) is 3.09. The zero-order valence-electron chi connectivity index (χ0n) is 12.8. The van der Waals surface area contributed by atoms with Crippen molar-refractivity contribution in [1.29, 1.82) is 0 Å². The fourth-order valence-corrected chi connectivity index (χ4v) is 1.91. The standard InChI is InChI=1S/C13H21N3O5/c1-5-21-10(18)8-15(4)9(17)6-7-16-11(19)13(2,3)14-12(16)20/h5-8H2,1-4H3,(H,14,20). The van der Waals surface area contributed by atoms with E-state index < -0.39 is 17.5 Å². The number of esters is 1. The SMILES string of the molecule is CCOC(=O)CN(C)C(=O)CCN1C(=O)NC(C)(C)C1=O. The molecule has 4 amide bonds. The minimum absolute atomic E-state index is 0.0138. The fourth-order valence-electron chi connectivity index (χ4n) is 1.91. The van der Waals surface area contributed by atoms with Crippen LogP contribution < -0.4 is 5.32 Å². The molecule has 21 heavy (non-hydrogen) atoms. The number of ether oxygens (including phenoxy) is 1. The topological polar surface area (TPSA) is 96.0 Å². The molecule has 1 fully saturated rings. The first kappa shape index (κ1) is 16.9. The molecule has 1 N–H and O–H groups in total. The Balaban J connectivity index is 2.48. The summed E-state index contributed by atoms with van der Waals surface area (Å²) in [5, 5.41) is 2.53. The van der Waals surface area contributed by atoms with E-state index >= 15 is 0 Å². The summed E-state index contributed by atoms with van der Waals surface area (Å²) in [5.41, 5.74) is -0.947. The monoisotopic (exact) mass is 299 g/mol. The summed E-state index contributed by atoms with van der Waals surface area (Å²) in [7, 11) is 1.47. The highest BCUT2D eigenvalue weighted by Gasteiger charge is 2.44. The number of hydrogen-bond donors (Lipinski definition) is 1. The van der Waals surface area contributed by atoms with E-state index in [0.717, 1.165) is 4.90 Å². The van der Waals surface area contributed by atoms with Gasteiger partial charge < -0.3 is 15.0 Å². The smallest absolute Gasteiger partial charge is 0.325 e. The van der Waals surface area contributed by atoms with Crippen molar-refractivity contribution < 1.29 is 23.9 Å². The summed E-state index contributed by atoms with van der Waals surface area (Å²) in [4.78, 5) is 48.9. The van der Waals surface area contributed by atoms with Gasteiger partial charge in [-0.1, -0.05) is 0 Å². The van der Waals surface area contributed by atoms with Crippen LogP contribution in [0.3, 0.4) is 0 Å². The van der Waals surface area contributed by atoms with Crippen LogP contribution in [-0.4, -0.2) is 65.9 Å². The molecule has 0 spiro atoms. The lowest BCUT2D eigenvalue weighted by Crippen LogP contribution is -2.41. The number of hydrogen-bond acceptors (Lipinski definition) is 5. The molecule has 0 radical (unpaired) electrons. The summed E-state index contributed by atoms with van der Waals surface area (Å²) in [6.07, 6.45) is -0.0366. The average Bonchev–Trinajstić information content (AvgIpc) is 2.56. The van der Waals surface area contributed by atoms with Gasteiger partial charge in [0.2, 0.25) is 5.91 Å². The van der Waals surface area contributed by atoms with Crippen LogP contribution in [-0.2, 0) is 19.1 Å². The van der Waals surface area contributed by atoms with Gasteiger partial charge in [-0.15, -0.1) is 0 Å². The van der Waals surface area contributed by atoms with Crippen LogP contribution in [0.5, 0.6) is 0 Å². The minimum atomic E-state index is -0.947. The van der Waals surface area contributed by atoms with Crippen molar-refractivity contribution >= 4 is 23.8 Å². The number of imide groups is 1. The molecule has 1 aliphatic heterocycles. The zero-order chi connectivity index (χ0) is 16.2. The van der Waals surface area contributed by atoms with Crippen molar-refractivity contribution in [3.8, 4) is 0 Å². The van der Waals surface area contributed by atoms with Gasteiger partial charge in [0.1, 0.15) is 12.1 Å². The number of likely N-dealkylation sites (N-methyl/N-ethyl adjacent to an activating group) is 1. The second-order valence-corrected chi connectivity index (χ2v) is 5.32. The lowest BCUT2D eigenvalue weighted by Gasteiger charge is -2.19. The van der Waals surface area contributed by atoms with Crippen LogP contribution in [0.1, 0.15) is 27.2 Å². The number of nitrogens with one attached hydrogen (secondary N) is 1. The number of nitrogens with zero attached hydrogens (tertiary/aromatic N) is 2. The zero-order valence-corrected chi connectivity index (χ0v) is 12.8. The lowest BCUT2D eigenvalue weighted by atomic mass is 10.1. The number of carbonyl (C=O) groups is 4. The minimum Gasteiger partial charge on any atom is -0.465 e. The maximum atomic E-state index is 11.9. The van der Waals surface area contributed by atoms with Crippen LogP contribution in [0.2, 0.25) is 0 Å². The van der Waals surface area contributed by atoms with E-state index in [0.29, 0.717) is 0 Å². The highest BCUT2D eigenvalue weighted by atomic mass is 16.5. The third kappa shape index (κ3) is 4.17. The van der Waals surface area contributed by atoms with Gasteiger partial charge in [-0.3, -0.25) is 19.3 Å². The molecule has 8 nitrogen and oxygen atoms in total. The first-order valence-corrected chi connectivity index (χ1v) is 6.72. The number of amides is 4. The highest BCUT2D eigenvalue weighted by Crippen LogP contribution is 2.16. The van der Waals surface area contributed by atoms with E-state index in [4.69, 9.17) is 4.74 Å². The second-order valence-electron chi connectivity index (χ2n) is 5.32. The molecule has 0 aliphatic carbocycles. The van der Waals surface area contributed by atoms with Gasteiger partial charge in [0.25, 0.3) is 5.91 Å². The molecule has 118 valence electrons. The molecule has 1 saturated heterocycles. The van der Waals surface area contributed by atoms with Crippen molar-refractivity contribution in [2.24, 2.45) is 0 Å². The summed E-state index contributed by atoms with van der Waals surface area (Å²) >= 11 is 0. The Bertz CT molecular complexity index is 461. The molecule has 0 saturated carbocycles. The summed E-state index contributed by atoms with van der Waals surface area (Å²) in [6, 6.07) is -0.508. The molecule has 0 unspecified atom stereocenters. The molecule has 0 aromatic carbocycles. The van der Waals surface area contributed by atoms with Crippen molar-refractivity contribution in [1.82, 2.24) is 15.1 Å². The molecular weight excluding hydrogens is 278 g/mol. The Kier molecular flexibility index (Phi) is 5.28. The molecule has 0 bridgehead atoms. The maximum Gasteiger partial charge on any atom is 0.325 e.